The van der Waals surface area contributed by atoms with Crippen LogP contribution >= 0.6 is 11.6 Å². The van der Waals surface area contributed by atoms with Crippen molar-refractivity contribution in [2.75, 3.05) is 12.4 Å². The van der Waals surface area contributed by atoms with Crippen molar-refractivity contribution in [3.8, 4) is 17.0 Å². The highest BCUT2D eigenvalue weighted by Crippen LogP contribution is 2.23. The number of nitrogens with zero attached hydrogens (tertiary/aromatic N) is 3. The standard InChI is InChI=1S/C21H17ClFN5O2/c1-30-14-5-2-4-13(10-14)18-11-19(26-25-18)21(29)24-20-8-9-28(27-20)12-15-16(22)6-3-7-17(15)23/h2-11H,12H2,1H3,(H,25,26)(H,24,27,29). The van der Waals surface area contributed by atoms with Crippen LogP contribution in [0.15, 0.2) is 60.8 Å². The summed E-state index contributed by atoms with van der Waals surface area (Å²) in [6, 6.07) is 15.1. The Morgan fingerprint density at radius 1 is 1.23 bits per heavy atom. The number of halogens is 2. The van der Waals surface area contributed by atoms with E-state index in [-0.39, 0.29) is 12.2 Å². The van der Waals surface area contributed by atoms with E-state index >= 15 is 0 Å². The van der Waals surface area contributed by atoms with Crippen LogP contribution in [0, 0.1) is 5.82 Å². The SMILES string of the molecule is COc1cccc(-c2cc(C(=O)Nc3ccn(Cc4c(F)cccc4Cl)n3)[nH]n2)c1. The van der Waals surface area contributed by atoms with Crippen molar-refractivity contribution >= 4 is 23.3 Å². The van der Waals surface area contributed by atoms with Crippen LogP contribution in [-0.4, -0.2) is 33.0 Å². The second-order valence-corrected chi connectivity index (χ2v) is 6.86. The van der Waals surface area contributed by atoms with Gasteiger partial charge in [-0.3, -0.25) is 14.6 Å². The minimum atomic E-state index is -0.411. The summed E-state index contributed by atoms with van der Waals surface area (Å²) in [5.41, 5.74) is 2.03. The molecule has 2 heterocycles. The number of amides is 1. The molecule has 0 bridgehead atoms. The first-order valence-corrected chi connectivity index (χ1v) is 9.39. The number of methoxy groups -OCH3 is 1. The summed E-state index contributed by atoms with van der Waals surface area (Å²) in [6.07, 6.45) is 1.63. The molecule has 30 heavy (non-hydrogen) atoms. The number of aromatic amines is 1. The molecular weight excluding hydrogens is 409 g/mol. The van der Waals surface area contributed by atoms with Crippen molar-refractivity contribution in [3.63, 3.8) is 0 Å². The lowest BCUT2D eigenvalue weighted by atomic mass is 10.1. The van der Waals surface area contributed by atoms with E-state index < -0.39 is 11.7 Å². The molecule has 0 atom stereocenters. The minimum Gasteiger partial charge on any atom is -0.497 e. The summed E-state index contributed by atoms with van der Waals surface area (Å²) in [7, 11) is 1.59. The molecule has 7 nitrogen and oxygen atoms in total. The van der Waals surface area contributed by atoms with Crippen LogP contribution in [0.2, 0.25) is 5.02 Å². The molecule has 0 unspecified atom stereocenters. The first-order chi connectivity index (χ1) is 14.5. The Bertz CT molecular complexity index is 1180. The van der Waals surface area contributed by atoms with Crippen molar-refractivity contribution in [2.24, 2.45) is 0 Å². The van der Waals surface area contributed by atoms with Crippen LogP contribution in [0.4, 0.5) is 10.2 Å². The molecule has 2 N–H and O–H groups in total. The molecule has 9 heteroatoms. The number of benzene rings is 2. The van der Waals surface area contributed by atoms with Crippen LogP contribution in [0.1, 0.15) is 16.1 Å². The molecule has 0 radical (unpaired) electrons. The van der Waals surface area contributed by atoms with Gasteiger partial charge in [0, 0.05) is 28.4 Å². The normalized spacial score (nSPS) is 10.8. The van der Waals surface area contributed by atoms with E-state index in [2.05, 4.69) is 20.6 Å². The van der Waals surface area contributed by atoms with Gasteiger partial charge in [-0.15, -0.1) is 0 Å². The van der Waals surface area contributed by atoms with E-state index in [1.54, 1.807) is 37.6 Å². The molecule has 152 valence electrons. The molecule has 1 amide bonds. The fourth-order valence-corrected chi connectivity index (χ4v) is 3.14. The van der Waals surface area contributed by atoms with E-state index in [0.717, 1.165) is 5.56 Å². The van der Waals surface area contributed by atoms with Crippen molar-refractivity contribution in [3.05, 3.63) is 82.9 Å². The van der Waals surface area contributed by atoms with E-state index in [1.165, 1.54) is 10.7 Å². The van der Waals surface area contributed by atoms with Gasteiger partial charge in [0.15, 0.2) is 5.82 Å². The van der Waals surface area contributed by atoms with Crippen LogP contribution in [-0.2, 0) is 6.54 Å². The summed E-state index contributed by atoms with van der Waals surface area (Å²) in [5.74, 6) is 0.212. The lowest BCUT2D eigenvalue weighted by molar-refractivity contribution is 0.102. The minimum absolute atomic E-state index is 0.144. The summed E-state index contributed by atoms with van der Waals surface area (Å²) in [4.78, 5) is 12.5. The van der Waals surface area contributed by atoms with Gasteiger partial charge < -0.3 is 10.1 Å². The quantitative estimate of drug-likeness (QED) is 0.480. The van der Waals surface area contributed by atoms with Crippen LogP contribution in [0.3, 0.4) is 0 Å². The lowest BCUT2D eigenvalue weighted by Gasteiger charge is -2.06. The second kappa shape index (κ2) is 8.38. The summed E-state index contributed by atoms with van der Waals surface area (Å²) in [5, 5.41) is 14.2. The predicted octanol–water partition coefficient (Wildman–Crippen LogP) is 4.37. The first-order valence-electron chi connectivity index (χ1n) is 9.01. The third-order valence-electron chi connectivity index (χ3n) is 4.45. The highest BCUT2D eigenvalue weighted by molar-refractivity contribution is 6.31. The number of carbonyl (C=O) groups is 1. The maximum atomic E-state index is 14.0. The Labute approximate surface area is 176 Å². The lowest BCUT2D eigenvalue weighted by Crippen LogP contribution is -2.13. The third kappa shape index (κ3) is 4.18. The number of carbonyl (C=O) groups excluding carboxylic acids is 1. The smallest absolute Gasteiger partial charge is 0.274 e. The number of H-pyrrole nitrogens is 1. The fourth-order valence-electron chi connectivity index (χ4n) is 2.91. The Morgan fingerprint density at radius 2 is 2.07 bits per heavy atom. The molecule has 0 fully saturated rings. The number of ether oxygens (including phenoxy) is 1. The molecular formula is C21H17ClFN5O2. The molecule has 0 saturated carbocycles. The number of aromatic nitrogens is 4. The Kier molecular flexibility index (Phi) is 5.49. The highest BCUT2D eigenvalue weighted by atomic mass is 35.5. The number of rotatable bonds is 6. The van der Waals surface area contributed by atoms with Crippen LogP contribution in [0.5, 0.6) is 5.75 Å². The molecule has 0 saturated heterocycles. The van der Waals surface area contributed by atoms with E-state index in [9.17, 15) is 9.18 Å². The summed E-state index contributed by atoms with van der Waals surface area (Å²) < 4.78 is 20.7. The summed E-state index contributed by atoms with van der Waals surface area (Å²) >= 11 is 6.05. The third-order valence-corrected chi connectivity index (χ3v) is 4.81. The fraction of sp³-hybridized carbons (Fsp3) is 0.0952. The maximum Gasteiger partial charge on any atom is 0.274 e. The van der Waals surface area contributed by atoms with Gasteiger partial charge in [-0.05, 0) is 30.3 Å². The molecule has 0 spiro atoms. The monoisotopic (exact) mass is 425 g/mol. The zero-order chi connectivity index (χ0) is 21.1. The zero-order valence-electron chi connectivity index (χ0n) is 15.9. The van der Waals surface area contributed by atoms with E-state index in [1.807, 2.05) is 24.3 Å². The van der Waals surface area contributed by atoms with E-state index in [4.69, 9.17) is 16.3 Å². The Hall–Kier alpha value is -3.65. The highest BCUT2D eigenvalue weighted by Gasteiger charge is 2.14. The molecule has 4 aromatic rings. The largest absolute Gasteiger partial charge is 0.497 e. The first kappa shape index (κ1) is 19.7. The average molecular weight is 426 g/mol. The van der Waals surface area contributed by atoms with Gasteiger partial charge >= 0.3 is 0 Å². The maximum absolute atomic E-state index is 14.0. The van der Waals surface area contributed by atoms with E-state index in [0.29, 0.717) is 27.8 Å². The number of hydrogen-bond donors (Lipinski definition) is 2. The van der Waals surface area contributed by atoms with Crippen molar-refractivity contribution in [2.45, 2.75) is 6.54 Å². The van der Waals surface area contributed by atoms with Gasteiger partial charge in [0.25, 0.3) is 5.91 Å². The van der Waals surface area contributed by atoms with Crippen LogP contribution in [0.25, 0.3) is 11.3 Å². The summed E-state index contributed by atoms with van der Waals surface area (Å²) in [6.45, 7) is 0.144. The Balaban J connectivity index is 1.45. The van der Waals surface area contributed by atoms with Crippen molar-refractivity contribution in [1.29, 1.82) is 0 Å². The zero-order valence-corrected chi connectivity index (χ0v) is 16.7. The van der Waals surface area contributed by atoms with Gasteiger partial charge in [-0.1, -0.05) is 29.8 Å². The Morgan fingerprint density at radius 3 is 2.87 bits per heavy atom. The molecule has 2 aromatic heterocycles. The second-order valence-electron chi connectivity index (χ2n) is 6.45. The number of hydrogen-bond acceptors (Lipinski definition) is 4. The van der Waals surface area contributed by atoms with Gasteiger partial charge in [0.05, 0.1) is 19.3 Å². The molecule has 0 aliphatic heterocycles. The van der Waals surface area contributed by atoms with Crippen molar-refractivity contribution < 1.29 is 13.9 Å². The van der Waals surface area contributed by atoms with Gasteiger partial charge in [-0.25, -0.2) is 4.39 Å². The van der Waals surface area contributed by atoms with Gasteiger partial charge in [-0.2, -0.15) is 10.2 Å². The number of nitrogens with one attached hydrogen (secondary N) is 2. The average Bonchev–Trinajstić information content (AvgIpc) is 3.41. The molecule has 4 rings (SSSR count). The topological polar surface area (TPSA) is 84.8 Å². The molecule has 2 aromatic carbocycles. The van der Waals surface area contributed by atoms with Crippen molar-refractivity contribution in [1.82, 2.24) is 20.0 Å². The predicted molar refractivity (Wildman–Crippen MR) is 111 cm³/mol. The van der Waals surface area contributed by atoms with Crippen LogP contribution < -0.4 is 10.1 Å². The number of anilines is 1. The van der Waals surface area contributed by atoms with Gasteiger partial charge in [0.1, 0.15) is 17.3 Å². The molecule has 0 aliphatic carbocycles. The van der Waals surface area contributed by atoms with Gasteiger partial charge in [0.2, 0.25) is 0 Å². The molecule has 0 aliphatic rings.